The van der Waals surface area contributed by atoms with E-state index in [1.165, 1.54) is 6.07 Å². The molecule has 0 amide bonds. The monoisotopic (exact) mass is 441 g/mol. The third-order valence-corrected chi connectivity index (χ3v) is 6.36. The zero-order valence-electron chi connectivity index (χ0n) is 16.9. The topological polar surface area (TPSA) is 79.5 Å². The zero-order valence-corrected chi connectivity index (χ0v) is 17.7. The number of hydrogen-bond donors (Lipinski definition) is 2. The van der Waals surface area contributed by atoms with Crippen LogP contribution in [0.25, 0.3) is 54.9 Å². The Hall–Kier alpha value is -4.04. The Balaban J connectivity index is 1.49. The van der Waals surface area contributed by atoms with Gasteiger partial charge in [-0.25, -0.2) is 0 Å². The van der Waals surface area contributed by atoms with Crippen LogP contribution in [0.2, 0.25) is 0 Å². The molecule has 0 unspecified atom stereocenters. The number of rotatable bonds is 4. The Labute approximate surface area is 185 Å². The molecule has 0 spiro atoms. The number of ether oxygens (including phenoxy) is 1. The van der Waals surface area contributed by atoms with Crippen LogP contribution in [0.5, 0.6) is 5.75 Å². The van der Waals surface area contributed by atoms with Crippen molar-refractivity contribution in [2.75, 3.05) is 7.11 Å². The normalized spacial score (nSPS) is 11.4. The summed E-state index contributed by atoms with van der Waals surface area (Å²) in [4.78, 5) is 13.1. The van der Waals surface area contributed by atoms with Gasteiger partial charge in [0.25, 0.3) is 0 Å². The number of hydrogen-bond acceptors (Lipinski definition) is 5. The van der Waals surface area contributed by atoms with Crippen molar-refractivity contribution >= 4 is 33.1 Å². The molecule has 0 saturated heterocycles. The second-order valence-electron chi connectivity index (χ2n) is 7.35. The largest absolute Gasteiger partial charge is 0.495 e. The molecule has 6 nitrogen and oxygen atoms in total. The number of aromatic amines is 2. The van der Waals surface area contributed by atoms with E-state index in [1.54, 1.807) is 25.7 Å². The molecule has 8 heteroatoms. The summed E-state index contributed by atoms with van der Waals surface area (Å²) in [6.07, 6.45) is 5.18. The summed E-state index contributed by atoms with van der Waals surface area (Å²) in [6.45, 7) is 0. The SMILES string of the molecule is COc1cncc(-c2cc3c(-c4cc5c(-c6ccc(F)s6)cccc5[nH]4)n[nH]c3cn2)c1. The lowest BCUT2D eigenvalue weighted by molar-refractivity contribution is 0.413. The standard InChI is InChI=1S/C24H16FN5OS/c1-31-14-7-13(10-26-11-14)19-9-17-21(12-27-19)29-30-24(17)20-8-16-15(3-2-4-18(16)28-20)22-5-6-23(25)32-22/h2-12,28H,1H3,(H,29,30). The minimum absolute atomic E-state index is 0.196. The predicted octanol–water partition coefficient (Wildman–Crippen LogP) is 6.04. The molecule has 6 aromatic rings. The van der Waals surface area contributed by atoms with E-state index >= 15 is 0 Å². The fourth-order valence-electron chi connectivity index (χ4n) is 3.91. The first kappa shape index (κ1) is 18.7. The van der Waals surface area contributed by atoms with E-state index in [1.807, 2.05) is 36.4 Å². The molecule has 0 bridgehead atoms. The highest BCUT2D eigenvalue weighted by molar-refractivity contribution is 7.14. The van der Waals surface area contributed by atoms with Gasteiger partial charge in [-0.05, 0) is 36.4 Å². The molecule has 156 valence electrons. The molecular formula is C24H16FN5OS. The van der Waals surface area contributed by atoms with Crippen molar-refractivity contribution < 1.29 is 9.13 Å². The van der Waals surface area contributed by atoms with Gasteiger partial charge in [0.15, 0.2) is 5.13 Å². The third-order valence-electron chi connectivity index (χ3n) is 5.45. The summed E-state index contributed by atoms with van der Waals surface area (Å²) in [7, 11) is 1.61. The molecule has 32 heavy (non-hydrogen) atoms. The van der Waals surface area contributed by atoms with Crippen molar-refractivity contribution in [3.8, 4) is 38.8 Å². The highest BCUT2D eigenvalue weighted by atomic mass is 32.1. The van der Waals surface area contributed by atoms with Crippen LogP contribution in [0, 0.1) is 5.13 Å². The molecule has 6 rings (SSSR count). The molecule has 0 saturated carbocycles. The number of halogens is 1. The maximum absolute atomic E-state index is 13.6. The van der Waals surface area contributed by atoms with Gasteiger partial charge in [-0.2, -0.15) is 9.49 Å². The van der Waals surface area contributed by atoms with Crippen LogP contribution in [0.1, 0.15) is 0 Å². The lowest BCUT2D eigenvalue weighted by atomic mass is 10.1. The molecule has 0 radical (unpaired) electrons. The van der Waals surface area contributed by atoms with Gasteiger partial charge in [0.2, 0.25) is 0 Å². The Kier molecular flexibility index (Phi) is 4.26. The maximum atomic E-state index is 13.6. The summed E-state index contributed by atoms with van der Waals surface area (Å²) in [6, 6.07) is 15.2. The molecule has 0 atom stereocenters. The van der Waals surface area contributed by atoms with Crippen LogP contribution in [-0.2, 0) is 0 Å². The predicted molar refractivity (Wildman–Crippen MR) is 124 cm³/mol. The van der Waals surface area contributed by atoms with Gasteiger partial charge >= 0.3 is 0 Å². The number of H-pyrrole nitrogens is 2. The molecule has 0 aliphatic carbocycles. The smallest absolute Gasteiger partial charge is 0.176 e. The lowest BCUT2D eigenvalue weighted by Crippen LogP contribution is -1.88. The Morgan fingerprint density at radius 3 is 2.75 bits per heavy atom. The molecule has 0 aliphatic rings. The van der Waals surface area contributed by atoms with Crippen LogP contribution in [-0.4, -0.2) is 32.3 Å². The molecule has 0 fully saturated rings. The van der Waals surface area contributed by atoms with Crippen molar-refractivity contribution in [1.29, 1.82) is 0 Å². The van der Waals surface area contributed by atoms with Crippen LogP contribution in [0.3, 0.4) is 0 Å². The minimum atomic E-state index is -0.196. The first-order chi connectivity index (χ1) is 15.7. The van der Waals surface area contributed by atoms with E-state index in [4.69, 9.17) is 4.74 Å². The van der Waals surface area contributed by atoms with Gasteiger partial charge in [-0.3, -0.25) is 15.1 Å². The van der Waals surface area contributed by atoms with Gasteiger partial charge in [0.1, 0.15) is 11.4 Å². The number of nitrogens with zero attached hydrogens (tertiary/aromatic N) is 3. The number of nitrogens with one attached hydrogen (secondary N) is 2. The number of methoxy groups -OCH3 is 1. The van der Waals surface area contributed by atoms with E-state index in [0.29, 0.717) is 5.75 Å². The van der Waals surface area contributed by atoms with Crippen molar-refractivity contribution in [2.45, 2.75) is 0 Å². The van der Waals surface area contributed by atoms with Gasteiger partial charge in [-0.15, -0.1) is 11.3 Å². The fraction of sp³-hybridized carbons (Fsp3) is 0.0417. The first-order valence-corrected chi connectivity index (χ1v) is 10.7. The number of pyridine rings is 2. The minimum Gasteiger partial charge on any atom is -0.495 e. The summed E-state index contributed by atoms with van der Waals surface area (Å²) in [5.41, 5.74) is 6.08. The highest BCUT2D eigenvalue weighted by Crippen LogP contribution is 2.37. The summed E-state index contributed by atoms with van der Waals surface area (Å²) >= 11 is 1.14. The van der Waals surface area contributed by atoms with Crippen LogP contribution in [0.15, 0.2) is 67.1 Å². The average Bonchev–Trinajstić information content (AvgIpc) is 3.55. The van der Waals surface area contributed by atoms with Crippen molar-refractivity contribution in [3.05, 3.63) is 72.3 Å². The average molecular weight is 441 g/mol. The number of thiophene rings is 1. The quantitative estimate of drug-likeness (QED) is 0.349. The van der Waals surface area contributed by atoms with Crippen molar-refractivity contribution in [1.82, 2.24) is 25.1 Å². The summed E-state index contributed by atoms with van der Waals surface area (Å²) in [5.74, 6) is 0.671. The molecule has 2 N–H and O–H groups in total. The molecule has 5 heterocycles. The van der Waals surface area contributed by atoms with Crippen LogP contribution >= 0.6 is 11.3 Å². The van der Waals surface area contributed by atoms with Gasteiger partial charge < -0.3 is 9.72 Å². The Morgan fingerprint density at radius 2 is 1.91 bits per heavy atom. The fourth-order valence-corrected chi connectivity index (χ4v) is 4.68. The molecule has 5 aromatic heterocycles. The van der Waals surface area contributed by atoms with E-state index in [9.17, 15) is 4.39 Å². The Bertz CT molecular complexity index is 1600. The summed E-state index contributed by atoms with van der Waals surface area (Å²) in [5, 5.41) is 9.37. The van der Waals surface area contributed by atoms with E-state index in [2.05, 4.69) is 31.2 Å². The number of benzene rings is 1. The van der Waals surface area contributed by atoms with Crippen LogP contribution in [0.4, 0.5) is 4.39 Å². The van der Waals surface area contributed by atoms with Crippen molar-refractivity contribution in [2.24, 2.45) is 0 Å². The second-order valence-corrected chi connectivity index (χ2v) is 8.39. The van der Waals surface area contributed by atoms with E-state index in [-0.39, 0.29) is 5.13 Å². The number of aromatic nitrogens is 5. The lowest BCUT2D eigenvalue weighted by Gasteiger charge is -2.04. The van der Waals surface area contributed by atoms with Crippen LogP contribution < -0.4 is 4.74 Å². The molecule has 1 aromatic carbocycles. The maximum Gasteiger partial charge on any atom is 0.176 e. The van der Waals surface area contributed by atoms with Gasteiger partial charge in [-0.1, -0.05) is 12.1 Å². The third kappa shape index (κ3) is 3.04. The number of fused-ring (bicyclic) bond motifs is 2. The molecular weight excluding hydrogens is 425 g/mol. The zero-order chi connectivity index (χ0) is 21.7. The highest BCUT2D eigenvalue weighted by Gasteiger charge is 2.15. The second kappa shape index (κ2) is 7.28. The Morgan fingerprint density at radius 1 is 0.969 bits per heavy atom. The molecule has 0 aliphatic heterocycles. The van der Waals surface area contributed by atoms with E-state index < -0.39 is 0 Å². The first-order valence-electron chi connectivity index (χ1n) is 9.91. The van der Waals surface area contributed by atoms with Gasteiger partial charge in [0.05, 0.1) is 36.4 Å². The van der Waals surface area contributed by atoms with Crippen molar-refractivity contribution in [3.63, 3.8) is 0 Å². The summed E-state index contributed by atoms with van der Waals surface area (Å²) < 4.78 is 18.9. The van der Waals surface area contributed by atoms with Gasteiger partial charge in [0, 0.05) is 38.5 Å². The van der Waals surface area contributed by atoms with E-state index in [0.717, 1.165) is 66.2 Å².